The van der Waals surface area contributed by atoms with E-state index in [1.165, 1.54) is 6.20 Å². The third kappa shape index (κ3) is 3.48. The van der Waals surface area contributed by atoms with E-state index >= 15 is 0 Å². The Kier molecular flexibility index (Phi) is 4.60. The van der Waals surface area contributed by atoms with E-state index in [0.29, 0.717) is 30.1 Å². The number of pyridine rings is 1. The van der Waals surface area contributed by atoms with E-state index in [9.17, 15) is 9.59 Å². The van der Waals surface area contributed by atoms with E-state index < -0.39 is 5.97 Å². The predicted molar refractivity (Wildman–Crippen MR) is 74.9 cm³/mol. The van der Waals surface area contributed by atoms with Crippen molar-refractivity contribution in [3.05, 3.63) is 28.5 Å². The quantitative estimate of drug-likeness (QED) is 0.926. The van der Waals surface area contributed by atoms with Gasteiger partial charge < -0.3 is 10.0 Å². The van der Waals surface area contributed by atoms with Gasteiger partial charge in [-0.3, -0.25) is 14.6 Å². The molecule has 1 unspecified atom stereocenters. The summed E-state index contributed by atoms with van der Waals surface area (Å²) in [4.78, 5) is 28.7. The monoisotopic (exact) mass is 296 g/mol. The largest absolute Gasteiger partial charge is 0.481 e. The number of halogens is 1. The highest BCUT2D eigenvalue weighted by Gasteiger charge is 2.28. The van der Waals surface area contributed by atoms with Crippen molar-refractivity contribution in [2.24, 2.45) is 5.92 Å². The SMILES string of the molecule is Cc1cc(Cl)c(C(=O)N2CCC(CCC(=O)O)C2)cn1. The zero-order valence-electron chi connectivity index (χ0n) is 11.3. The maximum absolute atomic E-state index is 12.3. The van der Waals surface area contributed by atoms with Gasteiger partial charge in [0.15, 0.2) is 0 Å². The number of aromatic nitrogens is 1. The number of carboxylic acids is 1. The van der Waals surface area contributed by atoms with Gasteiger partial charge in [0, 0.05) is 31.4 Å². The second-order valence-electron chi connectivity index (χ2n) is 5.14. The Bertz CT molecular complexity index is 533. The van der Waals surface area contributed by atoms with Crippen molar-refractivity contribution in [2.75, 3.05) is 13.1 Å². The molecule has 6 heteroatoms. The standard InChI is InChI=1S/C14H17ClN2O3/c1-9-6-12(15)11(7-16-9)14(20)17-5-4-10(8-17)2-3-13(18)19/h6-7,10H,2-5,8H2,1H3,(H,18,19). The summed E-state index contributed by atoms with van der Waals surface area (Å²) in [5.74, 6) is -0.659. The number of aliphatic carboxylic acids is 1. The molecule has 108 valence electrons. The summed E-state index contributed by atoms with van der Waals surface area (Å²) < 4.78 is 0. The molecule has 1 aromatic heterocycles. The van der Waals surface area contributed by atoms with Crippen LogP contribution in [0.25, 0.3) is 0 Å². The van der Waals surface area contributed by atoms with Gasteiger partial charge in [0.25, 0.3) is 5.91 Å². The molecular formula is C14H17ClN2O3. The highest BCUT2D eigenvalue weighted by atomic mass is 35.5. The lowest BCUT2D eigenvalue weighted by Crippen LogP contribution is -2.29. The molecule has 2 rings (SSSR count). The molecule has 0 saturated carbocycles. The number of rotatable bonds is 4. The van der Waals surface area contributed by atoms with Crippen LogP contribution >= 0.6 is 11.6 Å². The van der Waals surface area contributed by atoms with Crippen LogP contribution in [0.1, 0.15) is 35.3 Å². The van der Waals surface area contributed by atoms with Crippen molar-refractivity contribution in [3.63, 3.8) is 0 Å². The average molecular weight is 297 g/mol. The number of nitrogens with zero attached hydrogens (tertiary/aromatic N) is 2. The van der Waals surface area contributed by atoms with Crippen LogP contribution in [0.15, 0.2) is 12.3 Å². The molecule has 0 aliphatic carbocycles. The van der Waals surface area contributed by atoms with Gasteiger partial charge in [-0.1, -0.05) is 11.6 Å². The first-order chi connectivity index (χ1) is 9.47. The van der Waals surface area contributed by atoms with Crippen LogP contribution < -0.4 is 0 Å². The molecule has 0 spiro atoms. The van der Waals surface area contributed by atoms with E-state index in [0.717, 1.165) is 12.1 Å². The van der Waals surface area contributed by atoms with E-state index in [-0.39, 0.29) is 18.2 Å². The summed E-state index contributed by atoms with van der Waals surface area (Å²) in [6.45, 7) is 3.06. The minimum Gasteiger partial charge on any atom is -0.481 e. The Morgan fingerprint density at radius 3 is 2.95 bits per heavy atom. The minimum absolute atomic E-state index is 0.125. The van der Waals surface area contributed by atoms with Crippen LogP contribution in [0.3, 0.4) is 0 Å². The Balaban J connectivity index is 1.99. The molecule has 1 saturated heterocycles. The second kappa shape index (κ2) is 6.22. The number of likely N-dealkylation sites (tertiary alicyclic amines) is 1. The van der Waals surface area contributed by atoms with Crippen molar-refractivity contribution in [1.82, 2.24) is 9.88 Å². The number of carbonyl (C=O) groups is 2. The normalized spacial score (nSPS) is 18.3. The van der Waals surface area contributed by atoms with Gasteiger partial charge in [-0.25, -0.2) is 0 Å². The van der Waals surface area contributed by atoms with Crippen LogP contribution in [0, 0.1) is 12.8 Å². The van der Waals surface area contributed by atoms with Crippen molar-refractivity contribution in [1.29, 1.82) is 0 Å². The van der Waals surface area contributed by atoms with Crippen molar-refractivity contribution in [2.45, 2.75) is 26.2 Å². The smallest absolute Gasteiger partial charge is 0.303 e. The van der Waals surface area contributed by atoms with Crippen LogP contribution in [0.5, 0.6) is 0 Å². The van der Waals surface area contributed by atoms with E-state index in [1.54, 1.807) is 11.0 Å². The number of aryl methyl sites for hydroxylation is 1. The van der Waals surface area contributed by atoms with Gasteiger partial charge in [0.2, 0.25) is 0 Å². The molecule has 1 atom stereocenters. The molecule has 2 heterocycles. The Morgan fingerprint density at radius 1 is 1.55 bits per heavy atom. The lowest BCUT2D eigenvalue weighted by Gasteiger charge is -2.17. The topological polar surface area (TPSA) is 70.5 Å². The zero-order valence-corrected chi connectivity index (χ0v) is 12.1. The number of carboxylic acid groups (broad SMARTS) is 1. The average Bonchev–Trinajstić information content (AvgIpc) is 2.84. The number of amides is 1. The molecule has 0 aromatic carbocycles. The fraction of sp³-hybridized carbons (Fsp3) is 0.500. The molecule has 1 aliphatic heterocycles. The van der Waals surface area contributed by atoms with Gasteiger partial charge in [-0.05, 0) is 31.7 Å². The molecule has 20 heavy (non-hydrogen) atoms. The highest BCUT2D eigenvalue weighted by molar-refractivity contribution is 6.33. The molecule has 1 N–H and O–H groups in total. The van der Waals surface area contributed by atoms with Gasteiger partial charge in [-0.15, -0.1) is 0 Å². The summed E-state index contributed by atoms with van der Waals surface area (Å²) in [5, 5.41) is 9.10. The summed E-state index contributed by atoms with van der Waals surface area (Å²) >= 11 is 6.08. The first kappa shape index (κ1) is 14.8. The molecule has 1 fully saturated rings. The molecule has 1 amide bonds. The molecule has 1 aliphatic rings. The molecule has 0 bridgehead atoms. The van der Waals surface area contributed by atoms with Gasteiger partial charge in [0.05, 0.1) is 10.6 Å². The van der Waals surface area contributed by atoms with Crippen molar-refractivity contribution >= 4 is 23.5 Å². The molecule has 5 nitrogen and oxygen atoms in total. The van der Waals surface area contributed by atoms with Crippen LogP contribution in [-0.2, 0) is 4.79 Å². The third-order valence-electron chi connectivity index (χ3n) is 3.56. The second-order valence-corrected chi connectivity index (χ2v) is 5.55. The van der Waals surface area contributed by atoms with Gasteiger partial charge >= 0.3 is 5.97 Å². The van der Waals surface area contributed by atoms with E-state index in [4.69, 9.17) is 16.7 Å². The summed E-state index contributed by atoms with van der Waals surface area (Å²) in [6.07, 6.45) is 3.11. The number of hydrogen-bond acceptors (Lipinski definition) is 3. The molecule has 1 aromatic rings. The lowest BCUT2D eigenvalue weighted by molar-refractivity contribution is -0.137. The molecular weight excluding hydrogens is 280 g/mol. The highest BCUT2D eigenvalue weighted by Crippen LogP contribution is 2.25. The maximum atomic E-state index is 12.3. The van der Waals surface area contributed by atoms with Crippen molar-refractivity contribution < 1.29 is 14.7 Å². The first-order valence-corrected chi connectivity index (χ1v) is 6.98. The van der Waals surface area contributed by atoms with Crippen LogP contribution in [0.4, 0.5) is 0 Å². The Morgan fingerprint density at radius 2 is 2.30 bits per heavy atom. The Labute approximate surface area is 122 Å². The predicted octanol–water partition coefficient (Wildman–Crippen LogP) is 2.37. The fourth-order valence-corrected chi connectivity index (χ4v) is 2.72. The van der Waals surface area contributed by atoms with Crippen LogP contribution in [-0.4, -0.2) is 40.0 Å². The van der Waals surface area contributed by atoms with Crippen LogP contribution in [0.2, 0.25) is 5.02 Å². The number of carbonyl (C=O) groups excluding carboxylic acids is 1. The first-order valence-electron chi connectivity index (χ1n) is 6.60. The van der Waals surface area contributed by atoms with Crippen molar-refractivity contribution in [3.8, 4) is 0 Å². The Hall–Kier alpha value is -1.62. The van der Waals surface area contributed by atoms with E-state index in [1.807, 2.05) is 6.92 Å². The van der Waals surface area contributed by atoms with Gasteiger partial charge in [-0.2, -0.15) is 0 Å². The third-order valence-corrected chi connectivity index (χ3v) is 3.87. The lowest BCUT2D eigenvalue weighted by atomic mass is 10.0. The zero-order chi connectivity index (χ0) is 14.7. The number of hydrogen-bond donors (Lipinski definition) is 1. The molecule has 0 radical (unpaired) electrons. The van der Waals surface area contributed by atoms with E-state index in [2.05, 4.69) is 4.98 Å². The summed E-state index contributed by atoms with van der Waals surface area (Å²) in [7, 11) is 0. The maximum Gasteiger partial charge on any atom is 0.303 e. The summed E-state index contributed by atoms with van der Waals surface area (Å²) in [5.41, 5.74) is 1.18. The fourth-order valence-electron chi connectivity index (χ4n) is 2.43. The summed E-state index contributed by atoms with van der Waals surface area (Å²) in [6, 6.07) is 1.67. The van der Waals surface area contributed by atoms with Gasteiger partial charge in [0.1, 0.15) is 0 Å². The minimum atomic E-state index is -0.791.